The second kappa shape index (κ2) is 9.71. The van der Waals surface area contributed by atoms with Gasteiger partial charge >= 0.3 is 0 Å². The number of amides is 1. The lowest BCUT2D eigenvalue weighted by Crippen LogP contribution is -2.48. The minimum atomic E-state index is 0.0761. The molecule has 2 unspecified atom stereocenters. The number of rotatable bonds is 7. The Kier molecular flexibility index (Phi) is 7.06. The summed E-state index contributed by atoms with van der Waals surface area (Å²) in [6.45, 7) is 9.43. The maximum atomic E-state index is 12.7. The van der Waals surface area contributed by atoms with Crippen LogP contribution in [-0.4, -0.2) is 42.7 Å². The Balaban J connectivity index is 1.54. The summed E-state index contributed by atoms with van der Waals surface area (Å²) in [7, 11) is 0. The molecule has 1 aliphatic heterocycles. The molecule has 3 rings (SSSR count). The molecule has 150 valence electrons. The predicted molar refractivity (Wildman–Crippen MR) is 111 cm³/mol. The topological polar surface area (TPSA) is 50.8 Å². The SMILES string of the molecule is CCOc1ccccc1CNCc1ccc(C(=O)N2CC(C)OC(C)C2)cc1. The van der Waals surface area contributed by atoms with Gasteiger partial charge in [-0.25, -0.2) is 0 Å². The molecule has 2 aromatic carbocycles. The smallest absolute Gasteiger partial charge is 0.254 e. The highest BCUT2D eigenvalue weighted by atomic mass is 16.5. The second-order valence-corrected chi connectivity index (χ2v) is 7.31. The highest BCUT2D eigenvalue weighted by Gasteiger charge is 2.26. The highest BCUT2D eigenvalue weighted by Crippen LogP contribution is 2.18. The third-order valence-corrected chi connectivity index (χ3v) is 4.82. The van der Waals surface area contributed by atoms with Gasteiger partial charge in [0.15, 0.2) is 0 Å². The molecule has 0 bridgehead atoms. The van der Waals surface area contributed by atoms with E-state index in [0.717, 1.165) is 35.5 Å². The van der Waals surface area contributed by atoms with E-state index in [0.29, 0.717) is 19.7 Å². The fraction of sp³-hybridized carbons (Fsp3) is 0.435. The number of ether oxygens (including phenoxy) is 2. The number of hydrogen-bond acceptors (Lipinski definition) is 4. The number of hydrogen-bond donors (Lipinski definition) is 1. The van der Waals surface area contributed by atoms with E-state index in [1.807, 2.05) is 68.1 Å². The van der Waals surface area contributed by atoms with Crippen molar-refractivity contribution in [1.29, 1.82) is 0 Å². The quantitative estimate of drug-likeness (QED) is 0.795. The van der Waals surface area contributed by atoms with Crippen molar-refractivity contribution in [2.75, 3.05) is 19.7 Å². The van der Waals surface area contributed by atoms with Gasteiger partial charge in [0.1, 0.15) is 5.75 Å². The number of morpholine rings is 1. The summed E-state index contributed by atoms with van der Waals surface area (Å²) < 4.78 is 11.4. The summed E-state index contributed by atoms with van der Waals surface area (Å²) in [5.74, 6) is 1.000. The van der Waals surface area contributed by atoms with Crippen LogP contribution in [-0.2, 0) is 17.8 Å². The molecule has 1 aliphatic rings. The van der Waals surface area contributed by atoms with E-state index in [-0.39, 0.29) is 18.1 Å². The first kappa shape index (κ1) is 20.4. The Morgan fingerprint density at radius 3 is 2.43 bits per heavy atom. The molecule has 1 N–H and O–H groups in total. The third-order valence-electron chi connectivity index (χ3n) is 4.82. The number of para-hydroxylation sites is 1. The van der Waals surface area contributed by atoms with Gasteiger partial charge in [0, 0.05) is 37.3 Å². The Morgan fingerprint density at radius 2 is 1.75 bits per heavy atom. The lowest BCUT2D eigenvalue weighted by Gasteiger charge is -2.35. The lowest BCUT2D eigenvalue weighted by atomic mass is 10.1. The average molecular weight is 383 g/mol. The minimum absolute atomic E-state index is 0.0761. The van der Waals surface area contributed by atoms with Crippen molar-refractivity contribution in [2.45, 2.75) is 46.1 Å². The van der Waals surface area contributed by atoms with Crippen LogP contribution >= 0.6 is 0 Å². The fourth-order valence-electron chi connectivity index (χ4n) is 3.58. The van der Waals surface area contributed by atoms with Crippen LogP contribution in [0.25, 0.3) is 0 Å². The summed E-state index contributed by atoms with van der Waals surface area (Å²) in [6.07, 6.45) is 0.159. The molecular weight excluding hydrogens is 352 g/mol. The Bertz CT molecular complexity index is 766. The molecule has 1 fully saturated rings. The van der Waals surface area contributed by atoms with Gasteiger partial charge in [-0.2, -0.15) is 0 Å². The van der Waals surface area contributed by atoms with Crippen molar-refractivity contribution in [1.82, 2.24) is 10.2 Å². The lowest BCUT2D eigenvalue weighted by molar-refractivity contribution is -0.0586. The van der Waals surface area contributed by atoms with E-state index >= 15 is 0 Å². The molecule has 0 spiro atoms. The summed E-state index contributed by atoms with van der Waals surface area (Å²) in [6, 6.07) is 15.9. The van der Waals surface area contributed by atoms with Crippen molar-refractivity contribution < 1.29 is 14.3 Å². The van der Waals surface area contributed by atoms with Gasteiger partial charge in [0.05, 0.1) is 18.8 Å². The number of nitrogens with zero attached hydrogens (tertiary/aromatic N) is 1. The maximum absolute atomic E-state index is 12.7. The summed E-state index contributed by atoms with van der Waals surface area (Å²) in [5, 5.41) is 3.45. The first-order valence-corrected chi connectivity index (χ1v) is 10.0. The maximum Gasteiger partial charge on any atom is 0.254 e. The third kappa shape index (κ3) is 5.33. The molecule has 0 aromatic heterocycles. The zero-order chi connectivity index (χ0) is 19.9. The molecular formula is C23H30N2O3. The van der Waals surface area contributed by atoms with Crippen LogP contribution in [0.5, 0.6) is 5.75 Å². The van der Waals surface area contributed by atoms with Gasteiger partial charge in [0.2, 0.25) is 0 Å². The molecule has 0 saturated carbocycles. The molecule has 0 aliphatic carbocycles. The fourth-order valence-corrected chi connectivity index (χ4v) is 3.58. The monoisotopic (exact) mass is 382 g/mol. The van der Waals surface area contributed by atoms with E-state index < -0.39 is 0 Å². The van der Waals surface area contributed by atoms with Crippen molar-refractivity contribution in [3.8, 4) is 5.75 Å². The largest absolute Gasteiger partial charge is 0.494 e. The van der Waals surface area contributed by atoms with Gasteiger partial charge in [-0.15, -0.1) is 0 Å². The first-order chi connectivity index (χ1) is 13.6. The standard InChI is InChI=1S/C23H30N2O3/c1-4-27-22-8-6-5-7-21(22)14-24-13-19-9-11-20(12-10-19)23(26)25-15-17(2)28-18(3)16-25/h5-12,17-18,24H,4,13-16H2,1-3H3. The Morgan fingerprint density at radius 1 is 1.07 bits per heavy atom. The number of benzene rings is 2. The van der Waals surface area contributed by atoms with Crippen molar-refractivity contribution in [2.24, 2.45) is 0 Å². The predicted octanol–water partition coefficient (Wildman–Crippen LogP) is 3.62. The molecule has 2 aromatic rings. The molecule has 5 heteroatoms. The molecule has 1 saturated heterocycles. The minimum Gasteiger partial charge on any atom is -0.494 e. The Labute approximate surface area is 167 Å². The van der Waals surface area contributed by atoms with Crippen LogP contribution in [0.3, 0.4) is 0 Å². The number of carbonyl (C=O) groups is 1. The van der Waals surface area contributed by atoms with Crippen LogP contribution in [0.2, 0.25) is 0 Å². The van der Waals surface area contributed by atoms with Gasteiger partial charge in [-0.05, 0) is 44.5 Å². The molecule has 5 nitrogen and oxygen atoms in total. The summed E-state index contributed by atoms with van der Waals surface area (Å²) in [4.78, 5) is 14.6. The normalized spacial score (nSPS) is 19.5. The molecule has 28 heavy (non-hydrogen) atoms. The second-order valence-electron chi connectivity index (χ2n) is 7.31. The number of carbonyl (C=O) groups excluding carboxylic acids is 1. The van der Waals surface area contributed by atoms with E-state index in [1.54, 1.807) is 0 Å². The van der Waals surface area contributed by atoms with Crippen LogP contribution in [0.1, 0.15) is 42.3 Å². The van der Waals surface area contributed by atoms with Crippen LogP contribution in [0, 0.1) is 0 Å². The van der Waals surface area contributed by atoms with Crippen molar-refractivity contribution >= 4 is 5.91 Å². The van der Waals surface area contributed by atoms with Gasteiger partial charge in [-0.1, -0.05) is 30.3 Å². The average Bonchev–Trinajstić information content (AvgIpc) is 2.69. The van der Waals surface area contributed by atoms with E-state index in [9.17, 15) is 4.79 Å². The van der Waals surface area contributed by atoms with Gasteiger partial charge in [-0.3, -0.25) is 4.79 Å². The van der Waals surface area contributed by atoms with Crippen molar-refractivity contribution in [3.63, 3.8) is 0 Å². The molecule has 1 amide bonds. The summed E-state index contributed by atoms with van der Waals surface area (Å²) >= 11 is 0. The first-order valence-electron chi connectivity index (χ1n) is 10.0. The van der Waals surface area contributed by atoms with Gasteiger partial charge < -0.3 is 19.7 Å². The zero-order valence-electron chi connectivity index (χ0n) is 17.0. The van der Waals surface area contributed by atoms with E-state index in [2.05, 4.69) is 11.4 Å². The molecule has 1 heterocycles. The van der Waals surface area contributed by atoms with Gasteiger partial charge in [0.25, 0.3) is 5.91 Å². The molecule has 0 radical (unpaired) electrons. The Hall–Kier alpha value is -2.37. The van der Waals surface area contributed by atoms with E-state index in [4.69, 9.17) is 9.47 Å². The molecule has 2 atom stereocenters. The summed E-state index contributed by atoms with van der Waals surface area (Å²) in [5.41, 5.74) is 3.02. The van der Waals surface area contributed by atoms with Crippen molar-refractivity contribution in [3.05, 3.63) is 65.2 Å². The highest BCUT2D eigenvalue weighted by molar-refractivity contribution is 5.94. The van der Waals surface area contributed by atoms with Crippen LogP contribution in [0.4, 0.5) is 0 Å². The zero-order valence-corrected chi connectivity index (χ0v) is 17.0. The van der Waals surface area contributed by atoms with Crippen LogP contribution < -0.4 is 10.1 Å². The van der Waals surface area contributed by atoms with Crippen LogP contribution in [0.15, 0.2) is 48.5 Å². The van der Waals surface area contributed by atoms with E-state index in [1.165, 1.54) is 0 Å². The number of nitrogens with one attached hydrogen (secondary N) is 1.